The van der Waals surface area contributed by atoms with Crippen LogP contribution in [-0.4, -0.2) is 0 Å². The first-order valence-electron chi connectivity index (χ1n) is 6.96. The van der Waals surface area contributed by atoms with Crippen LogP contribution in [0.1, 0.15) is 47.9 Å². The summed E-state index contributed by atoms with van der Waals surface area (Å²) in [5, 5.41) is 0.722. The van der Waals surface area contributed by atoms with E-state index in [1.807, 2.05) is 18.2 Å². The zero-order valence-corrected chi connectivity index (χ0v) is 13.5. The monoisotopic (exact) mass is 349 g/mol. The molecule has 20 heavy (non-hydrogen) atoms. The quantitative estimate of drug-likeness (QED) is 0.786. The second-order valence-corrected chi connectivity index (χ2v) is 6.69. The molecular formula is C17H17BrClN. The molecule has 3 rings (SSSR count). The van der Waals surface area contributed by atoms with Crippen LogP contribution in [0.25, 0.3) is 0 Å². The van der Waals surface area contributed by atoms with Crippen molar-refractivity contribution in [2.75, 3.05) is 0 Å². The maximum Gasteiger partial charge on any atom is 0.0566 e. The van der Waals surface area contributed by atoms with Crippen molar-refractivity contribution < 1.29 is 0 Å². The van der Waals surface area contributed by atoms with Crippen LogP contribution in [0, 0.1) is 0 Å². The van der Waals surface area contributed by atoms with Gasteiger partial charge in [0, 0.05) is 9.50 Å². The van der Waals surface area contributed by atoms with Crippen molar-refractivity contribution in [2.24, 2.45) is 5.73 Å². The third-order valence-electron chi connectivity index (χ3n) is 4.17. The minimum Gasteiger partial charge on any atom is -0.320 e. The number of hydrogen-bond acceptors (Lipinski definition) is 1. The lowest BCUT2D eigenvalue weighted by atomic mass is 9.76. The molecular weight excluding hydrogens is 334 g/mol. The highest BCUT2D eigenvalue weighted by Gasteiger charge is 2.24. The second-order valence-electron chi connectivity index (χ2n) is 5.40. The summed E-state index contributed by atoms with van der Waals surface area (Å²) in [6.45, 7) is 0. The molecule has 2 aromatic carbocycles. The summed E-state index contributed by atoms with van der Waals surface area (Å²) in [6, 6.07) is 14.2. The summed E-state index contributed by atoms with van der Waals surface area (Å²) < 4.78 is 1.01. The molecule has 1 saturated carbocycles. The predicted molar refractivity (Wildman–Crippen MR) is 88.2 cm³/mol. The van der Waals surface area contributed by atoms with Crippen LogP contribution >= 0.6 is 27.5 Å². The molecule has 0 radical (unpaired) electrons. The summed E-state index contributed by atoms with van der Waals surface area (Å²) in [4.78, 5) is 0. The van der Waals surface area contributed by atoms with Crippen molar-refractivity contribution in [3.05, 3.63) is 68.7 Å². The van der Waals surface area contributed by atoms with Gasteiger partial charge in [-0.1, -0.05) is 58.2 Å². The maximum absolute atomic E-state index is 6.51. The Morgan fingerprint density at radius 2 is 1.85 bits per heavy atom. The normalized spacial score (nSPS) is 16.8. The zero-order chi connectivity index (χ0) is 14.1. The third kappa shape index (κ3) is 2.65. The molecule has 1 nitrogen and oxygen atoms in total. The van der Waals surface area contributed by atoms with E-state index in [4.69, 9.17) is 17.3 Å². The Kier molecular flexibility index (Phi) is 4.16. The first kappa shape index (κ1) is 14.1. The Hall–Kier alpha value is -0.830. The molecule has 0 amide bonds. The lowest BCUT2D eigenvalue weighted by molar-refractivity contribution is 0.416. The largest absolute Gasteiger partial charge is 0.320 e. The van der Waals surface area contributed by atoms with Crippen LogP contribution in [-0.2, 0) is 0 Å². The molecule has 1 aliphatic carbocycles. The van der Waals surface area contributed by atoms with Crippen LogP contribution in [0.15, 0.2) is 46.9 Å². The fourth-order valence-corrected chi connectivity index (χ4v) is 3.48. The van der Waals surface area contributed by atoms with Gasteiger partial charge in [0.2, 0.25) is 0 Å². The zero-order valence-electron chi connectivity index (χ0n) is 11.2. The van der Waals surface area contributed by atoms with Gasteiger partial charge in [-0.2, -0.15) is 0 Å². The van der Waals surface area contributed by atoms with E-state index >= 15 is 0 Å². The molecule has 2 aromatic rings. The number of halogens is 2. The van der Waals surface area contributed by atoms with Gasteiger partial charge in [-0.25, -0.2) is 0 Å². The van der Waals surface area contributed by atoms with Gasteiger partial charge in [-0.3, -0.25) is 0 Å². The average molecular weight is 351 g/mol. The molecule has 1 aliphatic rings. The molecule has 1 unspecified atom stereocenters. The average Bonchev–Trinajstić information content (AvgIpc) is 2.39. The second kappa shape index (κ2) is 5.88. The highest BCUT2D eigenvalue weighted by Crippen LogP contribution is 2.41. The van der Waals surface area contributed by atoms with Gasteiger partial charge in [-0.05, 0) is 53.6 Å². The Morgan fingerprint density at radius 3 is 2.55 bits per heavy atom. The molecule has 1 atom stereocenters. The van der Waals surface area contributed by atoms with Crippen LogP contribution < -0.4 is 5.73 Å². The summed E-state index contributed by atoms with van der Waals surface area (Å²) in [5.41, 5.74) is 10.2. The molecule has 0 aromatic heterocycles. The summed E-state index contributed by atoms with van der Waals surface area (Å²) in [5.74, 6) is 0.676. The van der Waals surface area contributed by atoms with Crippen LogP contribution in [0.3, 0.4) is 0 Å². The van der Waals surface area contributed by atoms with E-state index in [1.54, 1.807) is 0 Å². The SMILES string of the molecule is NC(c1cc(Cl)ccc1Br)c1ccccc1C1CCC1. The van der Waals surface area contributed by atoms with Crippen molar-refractivity contribution in [3.63, 3.8) is 0 Å². The lowest BCUT2D eigenvalue weighted by Gasteiger charge is -2.30. The predicted octanol–water partition coefficient (Wildman–Crippen LogP) is 5.42. The minimum atomic E-state index is -0.139. The van der Waals surface area contributed by atoms with E-state index in [-0.39, 0.29) is 6.04 Å². The summed E-state index contributed by atoms with van der Waals surface area (Å²) in [6.07, 6.45) is 3.88. The fraction of sp³-hybridized carbons (Fsp3) is 0.294. The van der Waals surface area contributed by atoms with Crippen molar-refractivity contribution >= 4 is 27.5 Å². The highest BCUT2D eigenvalue weighted by atomic mass is 79.9. The van der Waals surface area contributed by atoms with E-state index in [2.05, 4.69) is 40.2 Å². The standard InChI is InChI=1S/C17H17BrClN/c18-16-9-8-12(19)10-15(16)17(20)14-7-2-1-6-13(14)11-4-3-5-11/h1-2,6-11,17H,3-5,20H2. The van der Waals surface area contributed by atoms with E-state index in [9.17, 15) is 0 Å². The number of rotatable bonds is 3. The first-order chi connectivity index (χ1) is 9.66. The molecule has 104 valence electrons. The van der Waals surface area contributed by atoms with Gasteiger partial charge in [0.15, 0.2) is 0 Å². The van der Waals surface area contributed by atoms with E-state index < -0.39 is 0 Å². The Labute approximate surface area is 133 Å². The van der Waals surface area contributed by atoms with Crippen LogP contribution in [0.2, 0.25) is 5.02 Å². The topological polar surface area (TPSA) is 26.0 Å². The smallest absolute Gasteiger partial charge is 0.0566 e. The summed E-state index contributed by atoms with van der Waals surface area (Å²) in [7, 11) is 0. The molecule has 0 bridgehead atoms. The number of nitrogens with two attached hydrogens (primary N) is 1. The van der Waals surface area contributed by atoms with Gasteiger partial charge in [0.05, 0.1) is 6.04 Å². The molecule has 1 fully saturated rings. The van der Waals surface area contributed by atoms with Gasteiger partial charge < -0.3 is 5.73 Å². The van der Waals surface area contributed by atoms with E-state index in [0.29, 0.717) is 5.92 Å². The number of benzene rings is 2. The number of hydrogen-bond donors (Lipinski definition) is 1. The van der Waals surface area contributed by atoms with Crippen molar-refractivity contribution in [1.82, 2.24) is 0 Å². The molecule has 0 saturated heterocycles. The van der Waals surface area contributed by atoms with Crippen molar-refractivity contribution in [1.29, 1.82) is 0 Å². The van der Waals surface area contributed by atoms with Crippen molar-refractivity contribution in [3.8, 4) is 0 Å². The summed E-state index contributed by atoms with van der Waals surface area (Å²) >= 11 is 9.70. The van der Waals surface area contributed by atoms with Crippen molar-refractivity contribution in [2.45, 2.75) is 31.2 Å². The maximum atomic E-state index is 6.51. The Balaban J connectivity index is 2.01. The van der Waals surface area contributed by atoms with Gasteiger partial charge in [-0.15, -0.1) is 0 Å². The van der Waals surface area contributed by atoms with E-state index in [1.165, 1.54) is 30.4 Å². The fourth-order valence-electron chi connectivity index (χ4n) is 2.81. The molecule has 0 heterocycles. The Bertz CT molecular complexity index is 622. The first-order valence-corrected chi connectivity index (χ1v) is 8.13. The molecule has 0 spiro atoms. The third-order valence-corrected chi connectivity index (χ3v) is 5.13. The van der Waals surface area contributed by atoms with Crippen LogP contribution in [0.4, 0.5) is 0 Å². The van der Waals surface area contributed by atoms with E-state index in [0.717, 1.165) is 15.1 Å². The van der Waals surface area contributed by atoms with Gasteiger partial charge in [0.25, 0.3) is 0 Å². The highest BCUT2D eigenvalue weighted by molar-refractivity contribution is 9.10. The molecule has 3 heteroatoms. The van der Waals surface area contributed by atoms with Gasteiger partial charge >= 0.3 is 0 Å². The lowest BCUT2D eigenvalue weighted by Crippen LogP contribution is -2.18. The molecule has 0 aliphatic heterocycles. The molecule has 2 N–H and O–H groups in total. The van der Waals surface area contributed by atoms with Crippen LogP contribution in [0.5, 0.6) is 0 Å². The minimum absolute atomic E-state index is 0.139. The van der Waals surface area contributed by atoms with Gasteiger partial charge in [0.1, 0.15) is 0 Å². The Morgan fingerprint density at radius 1 is 1.10 bits per heavy atom.